The lowest BCUT2D eigenvalue weighted by molar-refractivity contribution is -0.140. The number of nitrogens with zero attached hydrogens (tertiary/aromatic N) is 2. The fourth-order valence-corrected chi connectivity index (χ4v) is 7.50. The van der Waals surface area contributed by atoms with Crippen molar-refractivity contribution >= 4 is 17.3 Å². The molecule has 0 bridgehead atoms. The maximum Gasteiger partial charge on any atom is 0.314 e. The van der Waals surface area contributed by atoms with Gasteiger partial charge in [-0.15, -0.1) is 10.2 Å². The van der Waals surface area contributed by atoms with E-state index in [0.29, 0.717) is 11.7 Å². The Labute approximate surface area is 235 Å². The zero-order valence-electron chi connectivity index (χ0n) is 24.0. The third kappa shape index (κ3) is 8.89. The number of aromatic nitrogens is 2. The van der Waals surface area contributed by atoms with Crippen molar-refractivity contribution < 1.29 is 9.53 Å². The monoisotopic (exact) mass is 538 g/mol. The first-order valence-electron chi connectivity index (χ1n) is 15.8. The topological polar surface area (TPSA) is 52.1 Å². The van der Waals surface area contributed by atoms with Crippen molar-refractivity contribution in [2.45, 2.75) is 135 Å². The van der Waals surface area contributed by atoms with Gasteiger partial charge < -0.3 is 4.74 Å². The lowest BCUT2D eigenvalue weighted by Crippen LogP contribution is -2.25. The van der Waals surface area contributed by atoms with Crippen LogP contribution in [-0.4, -0.2) is 16.2 Å². The maximum atomic E-state index is 12.8. The van der Waals surface area contributed by atoms with Crippen molar-refractivity contribution in [1.29, 1.82) is 0 Å². The van der Waals surface area contributed by atoms with Crippen LogP contribution in [0.3, 0.4) is 0 Å². The molecule has 1 heterocycles. The van der Waals surface area contributed by atoms with Gasteiger partial charge in [-0.25, -0.2) is 0 Å². The van der Waals surface area contributed by atoms with Crippen molar-refractivity contribution in [3.05, 3.63) is 29.3 Å². The first kappa shape index (κ1) is 29.2. The lowest BCUT2D eigenvalue weighted by Gasteiger charge is -2.27. The van der Waals surface area contributed by atoms with Gasteiger partial charge in [0.1, 0.15) is 15.8 Å². The fraction of sp³-hybridized carbons (Fsp3) is 0.727. The van der Waals surface area contributed by atoms with Crippen LogP contribution in [0.1, 0.15) is 140 Å². The van der Waals surface area contributed by atoms with E-state index < -0.39 is 0 Å². The molecule has 1 aromatic heterocycles. The molecule has 0 aliphatic heterocycles. The molecule has 210 valence electrons. The van der Waals surface area contributed by atoms with Gasteiger partial charge in [0.25, 0.3) is 0 Å². The van der Waals surface area contributed by atoms with Crippen LogP contribution >= 0.6 is 11.3 Å². The first-order valence-corrected chi connectivity index (χ1v) is 16.6. The molecular weight excluding hydrogens is 488 g/mol. The summed E-state index contributed by atoms with van der Waals surface area (Å²) in [4.78, 5) is 12.8. The fourth-order valence-electron chi connectivity index (χ4n) is 6.49. The second kappa shape index (κ2) is 15.7. The van der Waals surface area contributed by atoms with Crippen LogP contribution in [0.5, 0.6) is 5.75 Å². The highest BCUT2D eigenvalue weighted by Crippen LogP contribution is 2.40. The van der Waals surface area contributed by atoms with E-state index >= 15 is 0 Å². The number of unbranched alkanes of at least 4 members (excludes halogenated alkanes) is 6. The molecule has 0 unspecified atom stereocenters. The molecule has 0 spiro atoms. The van der Waals surface area contributed by atoms with Gasteiger partial charge in [0, 0.05) is 11.5 Å². The summed E-state index contributed by atoms with van der Waals surface area (Å²) in [5, 5.41) is 11.3. The van der Waals surface area contributed by atoms with Crippen LogP contribution in [0, 0.1) is 17.8 Å². The van der Waals surface area contributed by atoms with Crippen molar-refractivity contribution in [2.24, 2.45) is 17.8 Å². The van der Waals surface area contributed by atoms with Crippen LogP contribution in [0.25, 0.3) is 10.6 Å². The highest BCUT2D eigenvalue weighted by Gasteiger charge is 2.28. The lowest BCUT2D eigenvalue weighted by atomic mass is 9.80. The minimum absolute atomic E-state index is 0.0543. The van der Waals surface area contributed by atoms with Crippen LogP contribution in [-0.2, 0) is 4.79 Å². The highest BCUT2D eigenvalue weighted by atomic mass is 32.1. The van der Waals surface area contributed by atoms with Crippen LogP contribution in [0.2, 0.25) is 0 Å². The zero-order valence-corrected chi connectivity index (χ0v) is 24.8. The summed E-state index contributed by atoms with van der Waals surface area (Å²) in [6.45, 7) is 4.55. The Hall–Kier alpha value is -1.75. The van der Waals surface area contributed by atoms with Crippen molar-refractivity contribution in [2.75, 3.05) is 0 Å². The Kier molecular flexibility index (Phi) is 12.1. The van der Waals surface area contributed by atoms with Crippen molar-refractivity contribution in [3.63, 3.8) is 0 Å². The molecular formula is C33H50N2O2S. The van der Waals surface area contributed by atoms with Gasteiger partial charge in [0.05, 0.1) is 5.92 Å². The molecule has 4 rings (SSSR count). The third-order valence-corrected chi connectivity index (χ3v) is 10.2. The number of hydrogen-bond donors (Lipinski definition) is 0. The molecule has 5 heteroatoms. The van der Waals surface area contributed by atoms with Gasteiger partial charge >= 0.3 is 5.97 Å². The number of rotatable bonds is 14. The summed E-state index contributed by atoms with van der Waals surface area (Å²) in [5.74, 6) is 2.93. The molecule has 38 heavy (non-hydrogen) atoms. The minimum atomic E-state index is -0.0543. The Morgan fingerprint density at radius 1 is 0.763 bits per heavy atom. The number of carbonyl (C=O) groups excluding carboxylic acids is 1. The van der Waals surface area contributed by atoms with Crippen molar-refractivity contribution in [3.8, 4) is 16.3 Å². The van der Waals surface area contributed by atoms with E-state index in [4.69, 9.17) is 4.74 Å². The molecule has 2 aromatic rings. The predicted octanol–water partition coefficient (Wildman–Crippen LogP) is 10.1. The molecule has 1 aromatic carbocycles. The van der Waals surface area contributed by atoms with Gasteiger partial charge in [0.15, 0.2) is 0 Å². The number of hydrogen-bond acceptors (Lipinski definition) is 5. The quantitative estimate of drug-likeness (QED) is 0.136. The SMILES string of the molecule is CCCCCC[C@H]1CC[C@H](C(=O)Oc2ccc(-c3nnc([C@H]4CC[C@H](CCCCCC)CC4)s3)cc2)CC1. The van der Waals surface area contributed by atoms with E-state index in [2.05, 4.69) is 24.0 Å². The normalized spacial score (nSPS) is 23.8. The van der Waals surface area contributed by atoms with E-state index in [-0.39, 0.29) is 11.9 Å². The van der Waals surface area contributed by atoms with E-state index in [9.17, 15) is 4.79 Å². The number of ether oxygens (including phenoxy) is 1. The highest BCUT2D eigenvalue weighted by molar-refractivity contribution is 7.14. The second-order valence-electron chi connectivity index (χ2n) is 12.0. The molecule has 2 fully saturated rings. The number of carbonyl (C=O) groups is 1. The Balaban J connectivity index is 1.19. The summed E-state index contributed by atoms with van der Waals surface area (Å²) in [7, 11) is 0. The molecule has 0 atom stereocenters. The molecule has 0 radical (unpaired) electrons. The first-order chi connectivity index (χ1) is 18.7. The number of benzene rings is 1. The zero-order chi connectivity index (χ0) is 26.6. The van der Waals surface area contributed by atoms with Crippen LogP contribution in [0.15, 0.2) is 24.3 Å². The molecule has 2 aliphatic carbocycles. The van der Waals surface area contributed by atoms with Crippen LogP contribution < -0.4 is 4.74 Å². The molecule has 0 saturated heterocycles. The summed E-state index contributed by atoms with van der Waals surface area (Å²) in [6.07, 6.45) is 23.1. The van der Waals surface area contributed by atoms with Crippen molar-refractivity contribution in [1.82, 2.24) is 10.2 Å². The standard InChI is InChI=1S/C33H50N2O2S/c1-3-5-7-9-11-25-13-17-27(18-14-25)31-34-35-32(38-31)28-21-23-30(24-22-28)37-33(36)29-19-15-26(16-20-29)12-10-8-6-4-2/h21-27,29H,3-20H2,1-2H3/t25-,26-,27-,29-. The molecule has 0 N–H and O–H groups in total. The summed E-state index contributed by atoms with van der Waals surface area (Å²) in [5.41, 5.74) is 1.06. The van der Waals surface area contributed by atoms with Gasteiger partial charge in [-0.3, -0.25) is 4.79 Å². The van der Waals surface area contributed by atoms with Crippen LogP contribution in [0.4, 0.5) is 0 Å². The average molecular weight is 539 g/mol. The smallest absolute Gasteiger partial charge is 0.314 e. The van der Waals surface area contributed by atoms with E-state index in [1.54, 1.807) is 11.3 Å². The average Bonchev–Trinajstić information content (AvgIpc) is 3.45. The van der Waals surface area contributed by atoms with Gasteiger partial charge in [-0.1, -0.05) is 89.4 Å². The summed E-state index contributed by atoms with van der Waals surface area (Å²) in [6, 6.07) is 7.87. The van der Waals surface area contributed by atoms with Gasteiger partial charge in [0.2, 0.25) is 0 Å². The Morgan fingerprint density at radius 2 is 1.34 bits per heavy atom. The second-order valence-corrected chi connectivity index (χ2v) is 13.0. The molecule has 0 amide bonds. The van der Waals surface area contributed by atoms with E-state index in [1.165, 1.54) is 108 Å². The molecule has 2 saturated carbocycles. The maximum absolute atomic E-state index is 12.8. The summed E-state index contributed by atoms with van der Waals surface area (Å²) < 4.78 is 5.77. The molecule has 4 nitrogen and oxygen atoms in total. The molecule has 2 aliphatic rings. The van der Waals surface area contributed by atoms with Gasteiger partial charge in [-0.05, 0) is 87.5 Å². The Morgan fingerprint density at radius 3 is 1.92 bits per heavy atom. The predicted molar refractivity (Wildman–Crippen MR) is 159 cm³/mol. The largest absolute Gasteiger partial charge is 0.426 e. The third-order valence-electron chi connectivity index (χ3n) is 9.07. The van der Waals surface area contributed by atoms with Gasteiger partial charge in [-0.2, -0.15) is 0 Å². The van der Waals surface area contributed by atoms with E-state index in [1.807, 2.05) is 24.3 Å². The number of esters is 1. The minimum Gasteiger partial charge on any atom is -0.426 e. The van der Waals surface area contributed by atoms with E-state index in [0.717, 1.165) is 35.2 Å². The Bertz CT molecular complexity index is 940. The summed E-state index contributed by atoms with van der Waals surface area (Å²) >= 11 is 1.74.